The van der Waals surface area contributed by atoms with Crippen molar-refractivity contribution in [2.45, 2.75) is 12.5 Å². The van der Waals surface area contributed by atoms with Gasteiger partial charge in [0.15, 0.2) is 0 Å². The van der Waals surface area contributed by atoms with Gasteiger partial charge >= 0.3 is 0 Å². The van der Waals surface area contributed by atoms with Gasteiger partial charge in [-0.1, -0.05) is 66.7 Å². The first-order valence-electron chi connectivity index (χ1n) is 11.4. The smallest absolute Gasteiger partial charge is 0.253 e. The Balaban J connectivity index is 1.59. The lowest BCUT2D eigenvalue weighted by Gasteiger charge is -2.21. The van der Waals surface area contributed by atoms with Gasteiger partial charge in [-0.15, -0.1) is 0 Å². The molecule has 1 heterocycles. The van der Waals surface area contributed by atoms with Gasteiger partial charge in [-0.05, 0) is 41.0 Å². The molecule has 0 atom stereocenters. The van der Waals surface area contributed by atoms with Crippen molar-refractivity contribution in [3.8, 4) is 0 Å². The molecule has 2 amide bonds. The van der Waals surface area contributed by atoms with Gasteiger partial charge in [0.1, 0.15) is 0 Å². The van der Waals surface area contributed by atoms with Crippen LogP contribution in [0.4, 0.5) is 11.4 Å². The van der Waals surface area contributed by atoms with E-state index in [0.29, 0.717) is 17.8 Å². The molecule has 0 unspecified atom stereocenters. The number of nitrogens with one attached hydrogen (secondary N) is 2. The summed E-state index contributed by atoms with van der Waals surface area (Å²) >= 11 is 0. The fourth-order valence-electron chi connectivity index (χ4n) is 3.97. The van der Waals surface area contributed by atoms with E-state index in [4.69, 9.17) is 0 Å². The van der Waals surface area contributed by atoms with Gasteiger partial charge in [-0.2, -0.15) is 0 Å². The lowest BCUT2D eigenvalue weighted by Crippen LogP contribution is -2.26. The standard InChI is InChI=1S/C29H28N4O2/c1-33(2)26-16-15-24(18-25(26)28(34)31-20-21-10-9-17-30-19-21)32-29(35)27(22-11-5-3-6-12-22)23-13-7-4-8-14-23/h3-19,27H,20H2,1-2H3,(H,31,34)(H,32,35). The minimum atomic E-state index is -0.478. The average molecular weight is 465 g/mol. The highest BCUT2D eigenvalue weighted by Crippen LogP contribution is 2.28. The van der Waals surface area contributed by atoms with Crippen LogP contribution in [0.5, 0.6) is 0 Å². The van der Waals surface area contributed by atoms with E-state index in [2.05, 4.69) is 15.6 Å². The summed E-state index contributed by atoms with van der Waals surface area (Å²) in [5.41, 5.74) is 4.50. The molecule has 6 heteroatoms. The van der Waals surface area contributed by atoms with Crippen LogP contribution in [0, 0.1) is 0 Å². The number of benzene rings is 3. The number of hydrogen-bond acceptors (Lipinski definition) is 4. The maximum Gasteiger partial charge on any atom is 0.253 e. The third-order valence-electron chi connectivity index (χ3n) is 5.69. The fraction of sp³-hybridized carbons (Fsp3) is 0.138. The molecule has 3 aromatic carbocycles. The van der Waals surface area contributed by atoms with Gasteiger partial charge in [-0.3, -0.25) is 14.6 Å². The van der Waals surface area contributed by atoms with Crippen LogP contribution in [0.2, 0.25) is 0 Å². The fourth-order valence-corrected chi connectivity index (χ4v) is 3.97. The molecule has 0 aliphatic heterocycles. The van der Waals surface area contributed by atoms with E-state index >= 15 is 0 Å². The van der Waals surface area contributed by atoms with Gasteiger partial charge in [0.05, 0.1) is 11.5 Å². The van der Waals surface area contributed by atoms with Crippen molar-refractivity contribution >= 4 is 23.2 Å². The molecule has 35 heavy (non-hydrogen) atoms. The van der Waals surface area contributed by atoms with Crippen LogP contribution >= 0.6 is 0 Å². The summed E-state index contributed by atoms with van der Waals surface area (Å²) in [6.07, 6.45) is 3.41. The molecule has 0 radical (unpaired) electrons. The predicted molar refractivity (Wildman–Crippen MR) is 140 cm³/mol. The molecule has 4 rings (SSSR count). The number of carbonyl (C=O) groups is 2. The third kappa shape index (κ3) is 5.92. The van der Waals surface area contributed by atoms with E-state index in [-0.39, 0.29) is 11.8 Å². The molecule has 4 aromatic rings. The van der Waals surface area contributed by atoms with E-state index < -0.39 is 5.92 Å². The van der Waals surface area contributed by atoms with E-state index in [1.807, 2.05) is 104 Å². The van der Waals surface area contributed by atoms with Gasteiger partial charge in [0, 0.05) is 44.4 Å². The maximum absolute atomic E-state index is 13.5. The summed E-state index contributed by atoms with van der Waals surface area (Å²) in [6, 6.07) is 28.5. The van der Waals surface area contributed by atoms with Gasteiger partial charge in [-0.25, -0.2) is 0 Å². The van der Waals surface area contributed by atoms with E-state index in [9.17, 15) is 9.59 Å². The Morgan fingerprint density at radius 1 is 0.857 bits per heavy atom. The molecule has 0 bridgehead atoms. The average Bonchev–Trinajstić information content (AvgIpc) is 2.89. The predicted octanol–water partition coefficient (Wildman–Crippen LogP) is 4.85. The van der Waals surface area contributed by atoms with Crippen molar-refractivity contribution in [2.75, 3.05) is 24.3 Å². The van der Waals surface area contributed by atoms with Crippen LogP contribution in [0.1, 0.15) is 33.0 Å². The number of anilines is 2. The van der Waals surface area contributed by atoms with E-state index in [0.717, 1.165) is 22.4 Å². The summed E-state index contributed by atoms with van der Waals surface area (Å²) in [6.45, 7) is 0.361. The molecular weight excluding hydrogens is 436 g/mol. The van der Waals surface area contributed by atoms with Gasteiger partial charge in [0.2, 0.25) is 5.91 Å². The minimum Gasteiger partial charge on any atom is -0.377 e. The Morgan fingerprint density at radius 2 is 1.51 bits per heavy atom. The first-order valence-corrected chi connectivity index (χ1v) is 11.4. The van der Waals surface area contributed by atoms with Gasteiger partial charge in [0.25, 0.3) is 5.91 Å². The Morgan fingerprint density at radius 3 is 2.09 bits per heavy atom. The van der Waals surface area contributed by atoms with Crippen molar-refractivity contribution in [1.29, 1.82) is 0 Å². The Hall–Kier alpha value is -4.45. The largest absolute Gasteiger partial charge is 0.377 e. The number of pyridine rings is 1. The van der Waals surface area contributed by atoms with Crippen LogP contribution in [0.25, 0.3) is 0 Å². The van der Waals surface area contributed by atoms with Crippen LogP contribution in [0.3, 0.4) is 0 Å². The number of aromatic nitrogens is 1. The lowest BCUT2D eigenvalue weighted by molar-refractivity contribution is -0.116. The molecule has 2 N–H and O–H groups in total. The molecule has 6 nitrogen and oxygen atoms in total. The molecule has 176 valence electrons. The van der Waals surface area contributed by atoms with Crippen molar-refractivity contribution in [3.63, 3.8) is 0 Å². The zero-order chi connectivity index (χ0) is 24.6. The highest BCUT2D eigenvalue weighted by molar-refractivity contribution is 6.03. The number of carbonyl (C=O) groups excluding carboxylic acids is 2. The van der Waals surface area contributed by atoms with Crippen molar-refractivity contribution in [2.24, 2.45) is 0 Å². The molecule has 0 fully saturated rings. The number of hydrogen-bond donors (Lipinski definition) is 2. The Kier molecular flexibility index (Phi) is 7.53. The highest BCUT2D eigenvalue weighted by Gasteiger charge is 2.23. The van der Waals surface area contributed by atoms with Gasteiger partial charge < -0.3 is 15.5 Å². The summed E-state index contributed by atoms with van der Waals surface area (Å²) < 4.78 is 0. The van der Waals surface area contributed by atoms with Crippen molar-refractivity contribution < 1.29 is 9.59 Å². The van der Waals surface area contributed by atoms with E-state index in [1.165, 1.54) is 0 Å². The molecule has 0 saturated carbocycles. The first kappa shape index (κ1) is 23.7. The molecule has 0 saturated heterocycles. The lowest BCUT2D eigenvalue weighted by atomic mass is 9.90. The molecular formula is C29H28N4O2. The van der Waals surface area contributed by atoms with Crippen LogP contribution in [-0.4, -0.2) is 30.9 Å². The Bertz CT molecular complexity index is 1240. The van der Waals surface area contributed by atoms with Crippen molar-refractivity contribution in [1.82, 2.24) is 10.3 Å². The molecule has 1 aromatic heterocycles. The number of amides is 2. The second-order valence-electron chi connectivity index (χ2n) is 8.41. The maximum atomic E-state index is 13.5. The van der Waals surface area contributed by atoms with Crippen LogP contribution < -0.4 is 15.5 Å². The summed E-state index contributed by atoms with van der Waals surface area (Å²) in [5, 5.41) is 5.97. The second kappa shape index (κ2) is 11.1. The topological polar surface area (TPSA) is 74.3 Å². The first-order chi connectivity index (χ1) is 17.0. The summed E-state index contributed by atoms with van der Waals surface area (Å²) in [4.78, 5) is 32.5. The Labute approximate surface area is 205 Å². The quantitative estimate of drug-likeness (QED) is 0.391. The highest BCUT2D eigenvalue weighted by atomic mass is 16.2. The molecule has 0 aliphatic carbocycles. The molecule has 0 spiro atoms. The number of rotatable bonds is 8. The summed E-state index contributed by atoms with van der Waals surface area (Å²) in [7, 11) is 3.76. The number of nitrogens with zero attached hydrogens (tertiary/aromatic N) is 2. The van der Waals surface area contributed by atoms with E-state index in [1.54, 1.807) is 18.5 Å². The third-order valence-corrected chi connectivity index (χ3v) is 5.69. The zero-order valence-electron chi connectivity index (χ0n) is 19.8. The van der Waals surface area contributed by atoms with Crippen LogP contribution in [-0.2, 0) is 11.3 Å². The van der Waals surface area contributed by atoms with Crippen LogP contribution in [0.15, 0.2) is 103 Å². The molecule has 0 aliphatic rings. The zero-order valence-corrected chi connectivity index (χ0v) is 19.8. The normalized spacial score (nSPS) is 10.6. The van der Waals surface area contributed by atoms with Crippen molar-refractivity contribution in [3.05, 3.63) is 126 Å². The minimum absolute atomic E-state index is 0.165. The summed E-state index contributed by atoms with van der Waals surface area (Å²) in [5.74, 6) is -0.869. The second-order valence-corrected chi connectivity index (χ2v) is 8.41. The SMILES string of the molecule is CN(C)c1ccc(NC(=O)C(c2ccccc2)c2ccccc2)cc1C(=O)NCc1cccnc1. The monoisotopic (exact) mass is 464 g/mol.